The van der Waals surface area contributed by atoms with Crippen LogP contribution in [-0.2, 0) is 6.42 Å². The maximum absolute atomic E-state index is 4.52. The van der Waals surface area contributed by atoms with Gasteiger partial charge in [-0.1, -0.05) is 49.6 Å². The second-order valence-corrected chi connectivity index (χ2v) is 5.56. The Morgan fingerprint density at radius 1 is 1.16 bits per heavy atom. The molecule has 0 saturated heterocycles. The number of benzene rings is 1. The fraction of sp³-hybridized carbons (Fsp3) is 0.467. The second-order valence-electron chi connectivity index (χ2n) is 4.81. The van der Waals surface area contributed by atoms with E-state index < -0.39 is 0 Å². The Hall–Kier alpha value is -1.42. The van der Waals surface area contributed by atoms with Crippen molar-refractivity contribution in [3.63, 3.8) is 0 Å². The van der Waals surface area contributed by atoms with Gasteiger partial charge in [-0.2, -0.15) is 4.37 Å². The van der Waals surface area contributed by atoms with Gasteiger partial charge in [0.15, 0.2) is 0 Å². The fourth-order valence-electron chi connectivity index (χ4n) is 1.86. The van der Waals surface area contributed by atoms with Gasteiger partial charge in [-0.15, -0.1) is 0 Å². The van der Waals surface area contributed by atoms with Crippen molar-refractivity contribution in [2.45, 2.75) is 39.5 Å². The van der Waals surface area contributed by atoms with Crippen LogP contribution in [0.2, 0.25) is 0 Å². The average Bonchev–Trinajstić information content (AvgIpc) is 2.85. The van der Waals surface area contributed by atoms with Crippen LogP contribution in [0.15, 0.2) is 24.3 Å². The van der Waals surface area contributed by atoms with E-state index in [0.717, 1.165) is 23.9 Å². The molecule has 4 heteroatoms. The monoisotopic (exact) mass is 275 g/mol. The molecule has 0 radical (unpaired) electrons. The number of anilines is 1. The van der Waals surface area contributed by atoms with Crippen LogP contribution < -0.4 is 5.32 Å². The molecule has 19 heavy (non-hydrogen) atoms. The van der Waals surface area contributed by atoms with Crippen LogP contribution in [0, 0.1) is 6.92 Å². The molecular formula is C15H21N3S. The summed E-state index contributed by atoms with van der Waals surface area (Å²) in [7, 11) is 0. The molecule has 2 rings (SSSR count). The highest BCUT2D eigenvalue weighted by molar-refractivity contribution is 7.09. The lowest BCUT2D eigenvalue weighted by atomic mass is 10.1. The number of unbranched alkanes of at least 4 members (excludes halogenated alkanes) is 2. The molecule has 0 fully saturated rings. The van der Waals surface area contributed by atoms with Gasteiger partial charge >= 0.3 is 0 Å². The van der Waals surface area contributed by atoms with Crippen molar-refractivity contribution in [3.8, 4) is 0 Å². The van der Waals surface area contributed by atoms with Crippen LogP contribution >= 0.6 is 11.5 Å². The molecule has 0 aliphatic carbocycles. The van der Waals surface area contributed by atoms with Crippen LogP contribution in [-0.4, -0.2) is 15.9 Å². The van der Waals surface area contributed by atoms with Crippen molar-refractivity contribution in [3.05, 3.63) is 41.2 Å². The minimum Gasteiger partial charge on any atom is -0.360 e. The van der Waals surface area contributed by atoms with Crippen molar-refractivity contribution < 1.29 is 0 Å². The zero-order valence-corrected chi connectivity index (χ0v) is 12.5. The minimum atomic E-state index is 0.813. The maximum atomic E-state index is 4.52. The van der Waals surface area contributed by atoms with Crippen molar-refractivity contribution >= 4 is 16.7 Å². The van der Waals surface area contributed by atoms with Gasteiger partial charge in [0.2, 0.25) is 5.13 Å². The number of rotatable bonds is 7. The third kappa shape index (κ3) is 4.63. The van der Waals surface area contributed by atoms with Crippen LogP contribution in [0.1, 0.15) is 43.1 Å². The lowest BCUT2D eigenvalue weighted by Crippen LogP contribution is -2.01. The quantitative estimate of drug-likeness (QED) is 0.775. The zero-order valence-electron chi connectivity index (χ0n) is 11.6. The molecule has 1 heterocycles. The van der Waals surface area contributed by atoms with Gasteiger partial charge in [-0.3, -0.25) is 0 Å². The van der Waals surface area contributed by atoms with Crippen LogP contribution in [0.3, 0.4) is 0 Å². The Kier molecular flexibility index (Phi) is 5.33. The molecule has 0 atom stereocenters. The molecule has 1 N–H and O–H groups in total. The highest BCUT2D eigenvalue weighted by Gasteiger charge is 2.04. The first-order chi connectivity index (χ1) is 9.28. The predicted octanol–water partition coefficient (Wildman–Crippen LogP) is 4.04. The summed E-state index contributed by atoms with van der Waals surface area (Å²) in [6.07, 6.45) is 4.52. The summed E-state index contributed by atoms with van der Waals surface area (Å²) >= 11 is 1.46. The van der Waals surface area contributed by atoms with Gasteiger partial charge in [-0.05, 0) is 18.9 Å². The number of nitrogens with one attached hydrogen (secondary N) is 1. The number of nitrogens with zero attached hydrogens (tertiary/aromatic N) is 2. The Bertz CT molecular complexity index is 490. The zero-order chi connectivity index (χ0) is 13.5. The maximum Gasteiger partial charge on any atom is 0.202 e. The van der Waals surface area contributed by atoms with Crippen LogP contribution in [0.25, 0.3) is 0 Å². The van der Waals surface area contributed by atoms with Gasteiger partial charge < -0.3 is 5.32 Å². The SMILES string of the molecule is CCCCCNc1nc(Cc2ccc(C)cc2)ns1. The topological polar surface area (TPSA) is 37.8 Å². The van der Waals surface area contributed by atoms with E-state index in [4.69, 9.17) is 0 Å². The van der Waals surface area contributed by atoms with E-state index in [1.165, 1.54) is 41.9 Å². The Morgan fingerprint density at radius 3 is 2.68 bits per heavy atom. The van der Waals surface area contributed by atoms with Crippen LogP contribution in [0.4, 0.5) is 5.13 Å². The highest BCUT2D eigenvalue weighted by atomic mass is 32.1. The van der Waals surface area contributed by atoms with Crippen molar-refractivity contribution in [1.82, 2.24) is 9.36 Å². The smallest absolute Gasteiger partial charge is 0.202 e. The second kappa shape index (κ2) is 7.24. The Morgan fingerprint density at radius 2 is 1.95 bits per heavy atom. The molecule has 0 saturated carbocycles. The first kappa shape index (κ1) is 14.0. The normalized spacial score (nSPS) is 10.6. The molecule has 3 nitrogen and oxygen atoms in total. The summed E-state index contributed by atoms with van der Waals surface area (Å²) in [6, 6.07) is 8.55. The highest BCUT2D eigenvalue weighted by Crippen LogP contribution is 2.14. The molecule has 0 aliphatic heterocycles. The number of aromatic nitrogens is 2. The van der Waals surface area contributed by atoms with Crippen molar-refractivity contribution in [2.75, 3.05) is 11.9 Å². The summed E-state index contributed by atoms with van der Waals surface area (Å²) in [5.74, 6) is 0.909. The summed E-state index contributed by atoms with van der Waals surface area (Å²) in [6.45, 7) is 5.31. The Labute approximate surface area is 119 Å². The third-order valence-electron chi connectivity index (χ3n) is 3.01. The average molecular weight is 275 g/mol. The van der Waals surface area contributed by atoms with E-state index in [-0.39, 0.29) is 0 Å². The number of aryl methyl sites for hydroxylation is 1. The minimum absolute atomic E-state index is 0.813. The molecule has 0 unspecified atom stereocenters. The lowest BCUT2D eigenvalue weighted by Gasteiger charge is -2.00. The first-order valence-corrected chi connectivity index (χ1v) is 7.67. The molecule has 102 valence electrons. The van der Waals surface area contributed by atoms with E-state index in [1.54, 1.807) is 0 Å². The largest absolute Gasteiger partial charge is 0.360 e. The molecular weight excluding hydrogens is 254 g/mol. The number of hydrogen-bond donors (Lipinski definition) is 1. The van der Waals surface area contributed by atoms with E-state index in [0.29, 0.717) is 0 Å². The summed E-state index contributed by atoms with van der Waals surface area (Å²) in [4.78, 5) is 4.52. The molecule has 0 bridgehead atoms. The lowest BCUT2D eigenvalue weighted by molar-refractivity contribution is 0.743. The molecule has 2 aromatic rings. The molecule has 0 aliphatic rings. The van der Waals surface area contributed by atoms with Gasteiger partial charge in [0.1, 0.15) is 5.82 Å². The van der Waals surface area contributed by atoms with Crippen molar-refractivity contribution in [1.29, 1.82) is 0 Å². The van der Waals surface area contributed by atoms with Gasteiger partial charge in [0.25, 0.3) is 0 Å². The van der Waals surface area contributed by atoms with Gasteiger partial charge in [0, 0.05) is 24.5 Å². The van der Waals surface area contributed by atoms with E-state index in [1.807, 2.05) is 0 Å². The van der Waals surface area contributed by atoms with Crippen LogP contribution in [0.5, 0.6) is 0 Å². The standard InChI is InChI=1S/C15H21N3S/c1-3-4-5-10-16-15-17-14(18-19-15)11-13-8-6-12(2)7-9-13/h6-9H,3-5,10-11H2,1-2H3,(H,16,17,18). The molecule has 0 amide bonds. The summed E-state index contributed by atoms with van der Waals surface area (Å²) < 4.78 is 4.40. The van der Waals surface area contributed by atoms with E-state index in [9.17, 15) is 0 Å². The Balaban J connectivity index is 1.85. The summed E-state index contributed by atoms with van der Waals surface area (Å²) in [5.41, 5.74) is 2.55. The van der Waals surface area contributed by atoms with Crippen molar-refractivity contribution in [2.24, 2.45) is 0 Å². The number of hydrogen-bond acceptors (Lipinski definition) is 4. The van der Waals surface area contributed by atoms with Gasteiger partial charge in [0.05, 0.1) is 0 Å². The molecule has 1 aromatic heterocycles. The van der Waals surface area contributed by atoms with Gasteiger partial charge in [-0.25, -0.2) is 4.98 Å². The summed E-state index contributed by atoms with van der Waals surface area (Å²) in [5, 5.41) is 4.28. The first-order valence-electron chi connectivity index (χ1n) is 6.90. The fourth-order valence-corrected chi connectivity index (χ4v) is 2.47. The molecule has 1 aromatic carbocycles. The predicted molar refractivity (Wildman–Crippen MR) is 81.9 cm³/mol. The van der Waals surface area contributed by atoms with E-state index >= 15 is 0 Å². The van der Waals surface area contributed by atoms with E-state index in [2.05, 4.69) is 52.8 Å². The molecule has 0 spiro atoms. The third-order valence-corrected chi connectivity index (χ3v) is 3.72.